The average Bonchev–Trinajstić information content (AvgIpc) is 2.15. The molecule has 1 unspecified atom stereocenters. The fraction of sp³-hybridized carbons (Fsp3) is 0.333. The first-order valence-electron chi connectivity index (χ1n) is 4.89. The summed E-state index contributed by atoms with van der Waals surface area (Å²) in [5.74, 6) is -0.193. The standard InChI is InChI=1S/C12H15ClFN/c1-9(13)8-15-10(2)6-11-4-3-5-12(14)7-11/h3-5,7,10,15H,1,6,8H2,2H3. The molecule has 0 saturated heterocycles. The van der Waals surface area contributed by atoms with Gasteiger partial charge in [0.05, 0.1) is 0 Å². The van der Waals surface area contributed by atoms with Crippen molar-refractivity contribution in [3.63, 3.8) is 0 Å². The Labute approximate surface area is 95.0 Å². The fourth-order valence-corrected chi connectivity index (χ4v) is 1.45. The number of nitrogens with one attached hydrogen (secondary N) is 1. The van der Waals surface area contributed by atoms with Gasteiger partial charge in [0.25, 0.3) is 0 Å². The molecule has 1 nitrogen and oxygen atoms in total. The second kappa shape index (κ2) is 5.89. The van der Waals surface area contributed by atoms with Gasteiger partial charge in [-0.3, -0.25) is 0 Å². The highest BCUT2D eigenvalue weighted by atomic mass is 35.5. The molecule has 15 heavy (non-hydrogen) atoms. The van der Waals surface area contributed by atoms with E-state index in [4.69, 9.17) is 11.6 Å². The van der Waals surface area contributed by atoms with E-state index in [1.807, 2.05) is 13.0 Å². The molecule has 0 radical (unpaired) electrons. The van der Waals surface area contributed by atoms with Crippen LogP contribution in [0.2, 0.25) is 0 Å². The summed E-state index contributed by atoms with van der Waals surface area (Å²) in [4.78, 5) is 0. The van der Waals surface area contributed by atoms with Crippen LogP contribution in [0.1, 0.15) is 12.5 Å². The predicted octanol–water partition coefficient (Wildman–Crippen LogP) is 3.10. The summed E-state index contributed by atoms with van der Waals surface area (Å²) in [6.07, 6.45) is 0.780. The van der Waals surface area contributed by atoms with Crippen molar-refractivity contribution in [3.8, 4) is 0 Å². The first-order valence-corrected chi connectivity index (χ1v) is 5.27. The number of halogens is 2. The van der Waals surface area contributed by atoms with Crippen LogP contribution < -0.4 is 5.32 Å². The van der Waals surface area contributed by atoms with Gasteiger partial charge in [0, 0.05) is 17.6 Å². The Morgan fingerprint density at radius 3 is 2.93 bits per heavy atom. The van der Waals surface area contributed by atoms with Crippen molar-refractivity contribution in [1.82, 2.24) is 5.32 Å². The number of hydrogen-bond acceptors (Lipinski definition) is 1. The predicted molar refractivity (Wildman–Crippen MR) is 62.6 cm³/mol. The zero-order chi connectivity index (χ0) is 11.3. The van der Waals surface area contributed by atoms with E-state index in [-0.39, 0.29) is 11.9 Å². The van der Waals surface area contributed by atoms with Crippen molar-refractivity contribution in [2.45, 2.75) is 19.4 Å². The molecule has 1 N–H and O–H groups in total. The molecule has 0 fully saturated rings. The summed E-state index contributed by atoms with van der Waals surface area (Å²) in [7, 11) is 0. The Kier molecular flexibility index (Phi) is 4.79. The van der Waals surface area contributed by atoms with Crippen LogP contribution in [-0.4, -0.2) is 12.6 Å². The van der Waals surface area contributed by atoms with E-state index in [0.29, 0.717) is 11.6 Å². The molecule has 0 amide bonds. The first-order chi connectivity index (χ1) is 7.08. The van der Waals surface area contributed by atoms with Gasteiger partial charge in [0.15, 0.2) is 0 Å². The maximum Gasteiger partial charge on any atom is 0.123 e. The minimum absolute atomic E-state index is 0.193. The van der Waals surface area contributed by atoms with Gasteiger partial charge in [-0.15, -0.1) is 0 Å². The van der Waals surface area contributed by atoms with Gasteiger partial charge < -0.3 is 5.32 Å². The smallest absolute Gasteiger partial charge is 0.123 e. The minimum Gasteiger partial charge on any atom is -0.309 e. The van der Waals surface area contributed by atoms with E-state index >= 15 is 0 Å². The minimum atomic E-state index is -0.193. The monoisotopic (exact) mass is 227 g/mol. The SMILES string of the molecule is C=C(Cl)CNC(C)Cc1cccc(F)c1. The van der Waals surface area contributed by atoms with Crippen molar-refractivity contribution in [3.05, 3.63) is 47.3 Å². The van der Waals surface area contributed by atoms with E-state index in [2.05, 4.69) is 11.9 Å². The molecule has 0 aliphatic rings. The highest BCUT2D eigenvalue weighted by molar-refractivity contribution is 6.29. The lowest BCUT2D eigenvalue weighted by atomic mass is 10.1. The van der Waals surface area contributed by atoms with E-state index < -0.39 is 0 Å². The van der Waals surface area contributed by atoms with Crippen LogP contribution in [0.5, 0.6) is 0 Å². The third-order valence-electron chi connectivity index (χ3n) is 2.07. The Bertz CT molecular complexity index is 338. The van der Waals surface area contributed by atoms with Crippen LogP contribution in [0, 0.1) is 5.82 Å². The van der Waals surface area contributed by atoms with Crippen molar-refractivity contribution in [1.29, 1.82) is 0 Å². The highest BCUT2D eigenvalue weighted by Gasteiger charge is 2.03. The van der Waals surface area contributed by atoms with Gasteiger partial charge in [-0.25, -0.2) is 4.39 Å². The summed E-state index contributed by atoms with van der Waals surface area (Å²) in [5.41, 5.74) is 0.982. The molecule has 0 saturated carbocycles. The molecule has 1 atom stereocenters. The maximum absolute atomic E-state index is 12.9. The van der Waals surface area contributed by atoms with E-state index in [1.165, 1.54) is 6.07 Å². The molecule has 0 heterocycles. The quantitative estimate of drug-likeness (QED) is 0.815. The molecule has 0 spiro atoms. The molecular weight excluding hydrogens is 213 g/mol. The van der Waals surface area contributed by atoms with Crippen molar-refractivity contribution >= 4 is 11.6 Å². The Morgan fingerprint density at radius 1 is 1.60 bits per heavy atom. The van der Waals surface area contributed by atoms with Crippen LogP contribution in [0.25, 0.3) is 0 Å². The van der Waals surface area contributed by atoms with Crippen LogP contribution in [0.3, 0.4) is 0 Å². The van der Waals surface area contributed by atoms with Gasteiger partial charge in [0.2, 0.25) is 0 Å². The molecule has 0 bridgehead atoms. The summed E-state index contributed by atoms with van der Waals surface area (Å²) < 4.78 is 12.9. The van der Waals surface area contributed by atoms with Gasteiger partial charge in [-0.05, 0) is 31.0 Å². The van der Waals surface area contributed by atoms with Crippen LogP contribution in [0.4, 0.5) is 4.39 Å². The normalized spacial score (nSPS) is 12.5. The zero-order valence-electron chi connectivity index (χ0n) is 8.76. The lowest BCUT2D eigenvalue weighted by Crippen LogP contribution is -2.29. The molecule has 0 aliphatic carbocycles. The maximum atomic E-state index is 12.9. The number of hydrogen-bond donors (Lipinski definition) is 1. The Balaban J connectivity index is 2.44. The average molecular weight is 228 g/mol. The zero-order valence-corrected chi connectivity index (χ0v) is 9.52. The van der Waals surface area contributed by atoms with Crippen molar-refractivity contribution in [2.24, 2.45) is 0 Å². The van der Waals surface area contributed by atoms with Crippen molar-refractivity contribution in [2.75, 3.05) is 6.54 Å². The van der Waals surface area contributed by atoms with Crippen LogP contribution in [-0.2, 0) is 6.42 Å². The molecule has 1 aromatic rings. The van der Waals surface area contributed by atoms with E-state index in [1.54, 1.807) is 12.1 Å². The van der Waals surface area contributed by atoms with Crippen LogP contribution >= 0.6 is 11.6 Å². The summed E-state index contributed by atoms with van der Waals surface area (Å²) in [6, 6.07) is 6.88. The summed E-state index contributed by atoms with van der Waals surface area (Å²) >= 11 is 5.63. The molecule has 0 aliphatic heterocycles. The molecule has 1 rings (SSSR count). The molecule has 3 heteroatoms. The number of rotatable bonds is 5. The highest BCUT2D eigenvalue weighted by Crippen LogP contribution is 2.06. The molecule has 0 aromatic heterocycles. The lowest BCUT2D eigenvalue weighted by Gasteiger charge is -2.13. The first kappa shape index (κ1) is 12.2. The summed E-state index contributed by atoms with van der Waals surface area (Å²) in [5, 5.41) is 3.78. The third-order valence-corrected chi connectivity index (χ3v) is 2.21. The van der Waals surface area contributed by atoms with E-state index in [0.717, 1.165) is 12.0 Å². The van der Waals surface area contributed by atoms with E-state index in [9.17, 15) is 4.39 Å². The van der Waals surface area contributed by atoms with Crippen molar-refractivity contribution < 1.29 is 4.39 Å². The largest absolute Gasteiger partial charge is 0.309 e. The van der Waals surface area contributed by atoms with Gasteiger partial charge in [0.1, 0.15) is 5.82 Å². The fourth-order valence-electron chi connectivity index (χ4n) is 1.37. The Morgan fingerprint density at radius 2 is 2.33 bits per heavy atom. The summed E-state index contributed by atoms with van der Waals surface area (Å²) in [6.45, 7) is 6.21. The lowest BCUT2D eigenvalue weighted by molar-refractivity contribution is 0.573. The topological polar surface area (TPSA) is 12.0 Å². The molecular formula is C12H15ClFN. The van der Waals surface area contributed by atoms with Gasteiger partial charge in [-0.1, -0.05) is 30.3 Å². The molecule has 82 valence electrons. The number of benzene rings is 1. The Hall–Kier alpha value is -0.860. The van der Waals surface area contributed by atoms with Gasteiger partial charge >= 0.3 is 0 Å². The molecule has 1 aromatic carbocycles. The third kappa shape index (κ3) is 4.96. The van der Waals surface area contributed by atoms with Crippen LogP contribution in [0.15, 0.2) is 35.9 Å². The van der Waals surface area contributed by atoms with Gasteiger partial charge in [-0.2, -0.15) is 0 Å². The second-order valence-corrected chi connectivity index (χ2v) is 4.17. The second-order valence-electron chi connectivity index (χ2n) is 3.63.